The molecule has 0 saturated heterocycles. The first kappa shape index (κ1) is 15.5. The lowest BCUT2D eigenvalue weighted by atomic mass is 9.91. The van der Waals surface area contributed by atoms with Gasteiger partial charge in [-0.2, -0.15) is 0 Å². The number of nitrogens with one attached hydrogen (secondary N) is 2. The Morgan fingerprint density at radius 1 is 1.17 bits per heavy atom. The largest absolute Gasteiger partial charge is 0.357 e. The molecule has 0 fully saturated rings. The lowest BCUT2D eigenvalue weighted by molar-refractivity contribution is 0.335. The average molecular weight is 305 g/mol. The molecule has 2 nitrogen and oxygen atoms in total. The molecule has 0 heterocycles. The molecule has 0 aromatic heterocycles. The molecule has 0 atom stereocenters. The van der Waals surface area contributed by atoms with Crippen molar-refractivity contribution in [1.29, 1.82) is 0 Å². The predicted octanol–water partition coefficient (Wildman–Crippen LogP) is 4.71. The Morgan fingerprint density at radius 3 is 2.11 bits per heavy atom. The van der Waals surface area contributed by atoms with Crippen molar-refractivity contribution >= 4 is 46.2 Å². The predicted molar refractivity (Wildman–Crippen MR) is 84.7 cm³/mol. The summed E-state index contributed by atoms with van der Waals surface area (Å²) in [6.45, 7) is 8.50. The van der Waals surface area contributed by atoms with E-state index in [1.165, 1.54) is 0 Å². The second-order valence-corrected chi connectivity index (χ2v) is 6.39. The number of anilines is 1. The van der Waals surface area contributed by atoms with Crippen molar-refractivity contribution < 1.29 is 0 Å². The molecule has 0 bridgehead atoms. The van der Waals surface area contributed by atoms with Crippen molar-refractivity contribution in [2.75, 3.05) is 5.32 Å². The van der Waals surface area contributed by atoms with Crippen LogP contribution >= 0.6 is 35.4 Å². The Bertz CT molecular complexity index is 424. The quantitative estimate of drug-likeness (QED) is 0.791. The molecule has 0 aliphatic rings. The maximum atomic E-state index is 5.93. The molecule has 2 N–H and O–H groups in total. The molecule has 0 radical (unpaired) electrons. The van der Waals surface area contributed by atoms with Gasteiger partial charge >= 0.3 is 0 Å². The number of halogens is 2. The van der Waals surface area contributed by atoms with Crippen molar-refractivity contribution in [2.45, 2.75) is 33.2 Å². The van der Waals surface area contributed by atoms with Crippen LogP contribution in [0.5, 0.6) is 0 Å². The minimum absolute atomic E-state index is 0.0769. The van der Waals surface area contributed by atoms with Gasteiger partial charge in [0.05, 0.1) is 0 Å². The summed E-state index contributed by atoms with van der Waals surface area (Å²) in [5, 5.41) is 8.08. The van der Waals surface area contributed by atoms with Gasteiger partial charge in [0.2, 0.25) is 0 Å². The van der Waals surface area contributed by atoms with Crippen LogP contribution in [0.4, 0.5) is 5.69 Å². The molecule has 1 rings (SSSR count). The fraction of sp³-hybridized carbons (Fsp3) is 0.462. The summed E-state index contributed by atoms with van der Waals surface area (Å²) >= 11 is 17.1. The third kappa shape index (κ3) is 4.63. The van der Waals surface area contributed by atoms with E-state index in [2.05, 4.69) is 38.3 Å². The Morgan fingerprint density at radius 2 is 1.67 bits per heavy atom. The van der Waals surface area contributed by atoms with E-state index in [0.29, 0.717) is 21.1 Å². The van der Waals surface area contributed by atoms with Gasteiger partial charge in [-0.15, -0.1) is 0 Å². The Balaban J connectivity index is 2.71. The lowest BCUT2D eigenvalue weighted by Crippen LogP contribution is -2.48. The second-order valence-electron chi connectivity index (χ2n) is 5.11. The van der Waals surface area contributed by atoms with Gasteiger partial charge in [-0.05, 0) is 50.2 Å². The number of benzene rings is 1. The normalized spacial score (nSPS) is 11.5. The summed E-state index contributed by atoms with van der Waals surface area (Å²) in [4.78, 5) is 0. The number of thiocarbonyl (C=S) groups is 1. The highest BCUT2D eigenvalue weighted by Crippen LogP contribution is 2.22. The topological polar surface area (TPSA) is 24.1 Å². The van der Waals surface area contributed by atoms with Gasteiger partial charge in [-0.3, -0.25) is 0 Å². The maximum absolute atomic E-state index is 5.93. The monoisotopic (exact) mass is 304 g/mol. The van der Waals surface area contributed by atoms with Crippen LogP contribution < -0.4 is 10.6 Å². The molecule has 0 spiro atoms. The van der Waals surface area contributed by atoms with E-state index in [1.807, 2.05) is 0 Å². The summed E-state index contributed by atoms with van der Waals surface area (Å²) in [5.74, 6) is 0.459. The van der Waals surface area contributed by atoms with Crippen molar-refractivity contribution in [1.82, 2.24) is 5.32 Å². The summed E-state index contributed by atoms with van der Waals surface area (Å²) < 4.78 is 0. The SMILES string of the molecule is CC(C)C(C)(C)NC(=S)Nc1cc(Cl)cc(Cl)c1. The van der Waals surface area contributed by atoms with Gasteiger partial charge in [0, 0.05) is 21.3 Å². The number of rotatable bonds is 3. The molecular weight excluding hydrogens is 287 g/mol. The Labute approximate surface area is 124 Å². The molecule has 1 aromatic carbocycles. The highest BCUT2D eigenvalue weighted by Gasteiger charge is 2.22. The lowest BCUT2D eigenvalue weighted by Gasteiger charge is -2.32. The third-order valence-corrected chi connectivity index (χ3v) is 3.64. The zero-order valence-corrected chi connectivity index (χ0v) is 13.3. The molecule has 100 valence electrons. The highest BCUT2D eigenvalue weighted by molar-refractivity contribution is 7.80. The van der Waals surface area contributed by atoms with Gasteiger partial charge < -0.3 is 10.6 Å². The zero-order chi connectivity index (χ0) is 13.9. The van der Waals surface area contributed by atoms with Gasteiger partial charge in [0.1, 0.15) is 0 Å². The van der Waals surface area contributed by atoms with E-state index < -0.39 is 0 Å². The van der Waals surface area contributed by atoms with Crippen LogP contribution in [0.25, 0.3) is 0 Å². The molecule has 0 amide bonds. The van der Waals surface area contributed by atoms with E-state index in [-0.39, 0.29) is 5.54 Å². The first-order valence-corrected chi connectivity index (χ1v) is 6.92. The van der Waals surface area contributed by atoms with E-state index in [1.54, 1.807) is 18.2 Å². The van der Waals surface area contributed by atoms with Crippen molar-refractivity contribution in [3.05, 3.63) is 28.2 Å². The Hall–Kier alpha value is -0.510. The van der Waals surface area contributed by atoms with Gasteiger partial charge in [-0.25, -0.2) is 0 Å². The smallest absolute Gasteiger partial charge is 0.171 e. The number of hydrogen-bond acceptors (Lipinski definition) is 1. The summed E-state index contributed by atoms with van der Waals surface area (Å²) in [6, 6.07) is 5.25. The average Bonchev–Trinajstić information content (AvgIpc) is 2.13. The fourth-order valence-corrected chi connectivity index (χ4v) is 2.13. The fourth-order valence-electron chi connectivity index (χ4n) is 1.23. The van der Waals surface area contributed by atoms with E-state index in [9.17, 15) is 0 Å². The first-order valence-electron chi connectivity index (χ1n) is 5.76. The first-order chi connectivity index (χ1) is 8.20. The molecule has 0 unspecified atom stereocenters. The van der Waals surface area contributed by atoms with E-state index in [4.69, 9.17) is 35.4 Å². The third-order valence-electron chi connectivity index (χ3n) is 3.00. The standard InChI is InChI=1S/C13H18Cl2N2S/c1-8(2)13(3,4)17-12(18)16-11-6-9(14)5-10(15)7-11/h5-8H,1-4H3,(H2,16,17,18). The van der Waals surface area contributed by atoms with Crippen LogP contribution in [0, 0.1) is 5.92 Å². The van der Waals surface area contributed by atoms with Crippen molar-refractivity contribution in [2.24, 2.45) is 5.92 Å². The Kier molecular flexibility index (Phi) is 5.26. The molecular formula is C13H18Cl2N2S. The van der Waals surface area contributed by atoms with E-state index >= 15 is 0 Å². The van der Waals surface area contributed by atoms with Gasteiger partial charge in [-0.1, -0.05) is 37.0 Å². The summed E-state index contributed by atoms with van der Waals surface area (Å²) in [7, 11) is 0. The van der Waals surface area contributed by atoms with Crippen LogP contribution in [-0.4, -0.2) is 10.7 Å². The van der Waals surface area contributed by atoms with Gasteiger partial charge in [0.25, 0.3) is 0 Å². The van der Waals surface area contributed by atoms with Crippen LogP contribution in [0.2, 0.25) is 10.0 Å². The van der Waals surface area contributed by atoms with Crippen LogP contribution in [-0.2, 0) is 0 Å². The van der Waals surface area contributed by atoms with E-state index in [0.717, 1.165) is 5.69 Å². The molecule has 0 aliphatic heterocycles. The number of hydrogen-bond donors (Lipinski definition) is 2. The molecule has 0 aliphatic carbocycles. The molecule has 0 saturated carbocycles. The van der Waals surface area contributed by atoms with Crippen LogP contribution in [0.15, 0.2) is 18.2 Å². The second kappa shape index (κ2) is 6.09. The minimum Gasteiger partial charge on any atom is -0.357 e. The minimum atomic E-state index is -0.0769. The van der Waals surface area contributed by atoms with Crippen LogP contribution in [0.1, 0.15) is 27.7 Å². The molecule has 5 heteroatoms. The molecule has 1 aromatic rings. The zero-order valence-electron chi connectivity index (χ0n) is 11.0. The van der Waals surface area contributed by atoms with Crippen molar-refractivity contribution in [3.8, 4) is 0 Å². The molecule has 18 heavy (non-hydrogen) atoms. The van der Waals surface area contributed by atoms with Gasteiger partial charge in [0.15, 0.2) is 5.11 Å². The van der Waals surface area contributed by atoms with Crippen LogP contribution in [0.3, 0.4) is 0 Å². The van der Waals surface area contributed by atoms with Crippen molar-refractivity contribution in [3.63, 3.8) is 0 Å². The summed E-state index contributed by atoms with van der Waals surface area (Å²) in [5.41, 5.74) is 0.705. The summed E-state index contributed by atoms with van der Waals surface area (Å²) in [6.07, 6.45) is 0. The highest BCUT2D eigenvalue weighted by atomic mass is 35.5. The maximum Gasteiger partial charge on any atom is 0.171 e.